The normalized spacial score (nSPS) is 27.6. The molecule has 2 unspecified atom stereocenters. The van der Waals surface area contributed by atoms with E-state index in [4.69, 9.17) is 0 Å². The van der Waals surface area contributed by atoms with Gasteiger partial charge in [-0.2, -0.15) is 5.10 Å². The van der Waals surface area contributed by atoms with Gasteiger partial charge < -0.3 is 10.2 Å². The van der Waals surface area contributed by atoms with Gasteiger partial charge in [-0.1, -0.05) is 0 Å². The molecule has 4 nitrogen and oxygen atoms in total. The van der Waals surface area contributed by atoms with E-state index >= 15 is 0 Å². The number of anilines is 1. The van der Waals surface area contributed by atoms with Crippen LogP contribution >= 0.6 is 0 Å². The summed E-state index contributed by atoms with van der Waals surface area (Å²) in [6.45, 7) is 2.58. The first-order valence-corrected chi connectivity index (χ1v) is 7.32. The molecule has 4 heteroatoms. The topological polar surface area (TPSA) is 44.0 Å². The second-order valence-electron chi connectivity index (χ2n) is 5.87. The summed E-state index contributed by atoms with van der Waals surface area (Å²) in [5.74, 6) is 0. The maximum atomic E-state index is 4.07. The standard InChI is InChI=1S/C15H20N4/c1-2-14-8-13(5-7-19(14)6-1)17-12-4-3-11-10-16-18-15(11)9-12/h3-4,9-10,13-14,17H,1-2,5-8H2,(H,16,18). The highest BCUT2D eigenvalue weighted by Crippen LogP contribution is 2.29. The van der Waals surface area contributed by atoms with E-state index in [-0.39, 0.29) is 0 Å². The highest BCUT2D eigenvalue weighted by molar-refractivity contribution is 5.81. The van der Waals surface area contributed by atoms with E-state index in [1.54, 1.807) is 0 Å². The molecule has 19 heavy (non-hydrogen) atoms. The van der Waals surface area contributed by atoms with Crippen molar-refractivity contribution >= 4 is 16.6 Å². The lowest BCUT2D eigenvalue weighted by molar-refractivity contribution is 0.188. The predicted octanol–water partition coefficient (Wildman–Crippen LogP) is 2.60. The molecule has 0 aliphatic carbocycles. The van der Waals surface area contributed by atoms with E-state index in [0.29, 0.717) is 6.04 Å². The van der Waals surface area contributed by atoms with Gasteiger partial charge in [0, 0.05) is 29.7 Å². The Morgan fingerprint density at radius 2 is 2.26 bits per heavy atom. The first kappa shape index (κ1) is 11.3. The number of fused-ring (bicyclic) bond motifs is 2. The lowest BCUT2D eigenvalue weighted by Crippen LogP contribution is -2.42. The predicted molar refractivity (Wildman–Crippen MR) is 77.3 cm³/mol. The number of H-pyrrole nitrogens is 1. The van der Waals surface area contributed by atoms with Gasteiger partial charge in [-0.25, -0.2) is 0 Å². The SMILES string of the molecule is c1cc2cn[nH]c2cc1NC1CCN2CCCC2C1. The Labute approximate surface area is 113 Å². The molecule has 0 saturated carbocycles. The second kappa shape index (κ2) is 4.53. The quantitative estimate of drug-likeness (QED) is 0.868. The summed E-state index contributed by atoms with van der Waals surface area (Å²) >= 11 is 0. The van der Waals surface area contributed by atoms with Gasteiger partial charge in [0.15, 0.2) is 0 Å². The fourth-order valence-corrected chi connectivity index (χ4v) is 3.62. The average Bonchev–Trinajstić information content (AvgIpc) is 3.05. The van der Waals surface area contributed by atoms with Crippen molar-refractivity contribution in [1.29, 1.82) is 0 Å². The lowest BCUT2D eigenvalue weighted by Gasteiger charge is -2.35. The van der Waals surface area contributed by atoms with Crippen LogP contribution < -0.4 is 5.32 Å². The largest absolute Gasteiger partial charge is 0.382 e. The molecular formula is C15H20N4. The third-order valence-corrected chi connectivity index (χ3v) is 4.63. The maximum absolute atomic E-state index is 4.07. The molecule has 2 aliphatic heterocycles. The zero-order valence-corrected chi connectivity index (χ0v) is 11.1. The highest BCUT2D eigenvalue weighted by Gasteiger charge is 2.31. The molecule has 2 fully saturated rings. The van der Waals surface area contributed by atoms with Crippen LogP contribution in [0.3, 0.4) is 0 Å². The molecule has 2 aromatic rings. The van der Waals surface area contributed by atoms with Gasteiger partial charge in [0.05, 0.1) is 11.7 Å². The lowest BCUT2D eigenvalue weighted by atomic mass is 9.97. The number of hydrogen-bond acceptors (Lipinski definition) is 3. The molecule has 2 N–H and O–H groups in total. The fourth-order valence-electron chi connectivity index (χ4n) is 3.62. The van der Waals surface area contributed by atoms with Gasteiger partial charge in [0.25, 0.3) is 0 Å². The number of nitrogens with zero attached hydrogens (tertiary/aromatic N) is 2. The van der Waals surface area contributed by atoms with E-state index in [1.165, 1.54) is 49.8 Å². The van der Waals surface area contributed by atoms with Crippen LogP contribution in [0.15, 0.2) is 24.4 Å². The minimum atomic E-state index is 0.625. The zero-order chi connectivity index (χ0) is 12.7. The molecule has 0 bridgehead atoms. The van der Waals surface area contributed by atoms with Crippen LogP contribution in [0.4, 0.5) is 5.69 Å². The molecule has 1 aromatic heterocycles. The molecular weight excluding hydrogens is 236 g/mol. The summed E-state index contributed by atoms with van der Waals surface area (Å²) in [4.78, 5) is 2.66. The van der Waals surface area contributed by atoms with Crippen LogP contribution in [-0.4, -0.2) is 40.3 Å². The molecule has 2 aliphatic rings. The average molecular weight is 256 g/mol. The van der Waals surface area contributed by atoms with E-state index in [9.17, 15) is 0 Å². The van der Waals surface area contributed by atoms with Crippen molar-refractivity contribution in [1.82, 2.24) is 15.1 Å². The van der Waals surface area contributed by atoms with Crippen LogP contribution in [0, 0.1) is 0 Å². The van der Waals surface area contributed by atoms with Crippen molar-refractivity contribution in [3.63, 3.8) is 0 Å². The van der Waals surface area contributed by atoms with Crippen molar-refractivity contribution in [2.24, 2.45) is 0 Å². The van der Waals surface area contributed by atoms with E-state index in [2.05, 4.69) is 38.6 Å². The molecule has 1 aromatic carbocycles. The van der Waals surface area contributed by atoms with Gasteiger partial charge in [0.1, 0.15) is 0 Å². The summed E-state index contributed by atoms with van der Waals surface area (Å²) in [6.07, 6.45) is 7.20. The third-order valence-electron chi connectivity index (χ3n) is 4.63. The summed E-state index contributed by atoms with van der Waals surface area (Å²) in [5.41, 5.74) is 2.33. The van der Waals surface area contributed by atoms with Gasteiger partial charge in [-0.3, -0.25) is 5.10 Å². The summed E-state index contributed by atoms with van der Waals surface area (Å²) in [6, 6.07) is 7.91. The molecule has 2 saturated heterocycles. The summed E-state index contributed by atoms with van der Waals surface area (Å²) in [7, 11) is 0. The van der Waals surface area contributed by atoms with Gasteiger partial charge in [0.2, 0.25) is 0 Å². The van der Waals surface area contributed by atoms with Crippen LogP contribution in [0.1, 0.15) is 25.7 Å². The van der Waals surface area contributed by atoms with Crippen LogP contribution in [-0.2, 0) is 0 Å². The number of aromatic amines is 1. The zero-order valence-electron chi connectivity index (χ0n) is 11.1. The van der Waals surface area contributed by atoms with Crippen LogP contribution in [0.25, 0.3) is 10.9 Å². The summed E-state index contributed by atoms with van der Waals surface area (Å²) in [5, 5.41) is 12.0. The summed E-state index contributed by atoms with van der Waals surface area (Å²) < 4.78 is 0. The number of aromatic nitrogens is 2. The van der Waals surface area contributed by atoms with Crippen LogP contribution in [0.2, 0.25) is 0 Å². The Balaban J connectivity index is 1.48. The fraction of sp³-hybridized carbons (Fsp3) is 0.533. The van der Waals surface area contributed by atoms with Gasteiger partial charge in [-0.05, 0) is 50.4 Å². The van der Waals surface area contributed by atoms with Crippen molar-refractivity contribution in [2.75, 3.05) is 18.4 Å². The van der Waals surface area contributed by atoms with Crippen molar-refractivity contribution in [3.8, 4) is 0 Å². The number of piperidine rings is 1. The molecule has 3 heterocycles. The third kappa shape index (κ3) is 2.10. The molecule has 0 radical (unpaired) electrons. The van der Waals surface area contributed by atoms with Gasteiger partial charge >= 0.3 is 0 Å². The molecule has 2 atom stereocenters. The first-order chi connectivity index (χ1) is 9.38. The number of nitrogens with one attached hydrogen (secondary N) is 2. The molecule has 0 spiro atoms. The highest BCUT2D eigenvalue weighted by atomic mass is 15.2. The number of hydrogen-bond donors (Lipinski definition) is 2. The first-order valence-electron chi connectivity index (χ1n) is 7.32. The Bertz CT molecular complexity index is 576. The minimum Gasteiger partial charge on any atom is -0.382 e. The Kier molecular flexibility index (Phi) is 2.69. The van der Waals surface area contributed by atoms with E-state index in [1.807, 2.05) is 6.20 Å². The van der Waals surface area contributed by atoms with Crippen LogP contribution in [0.5, 0.6) is 0 Å². The Morgan fingerprint density at radius 1 is 1.26 bits per heavy atom. The van der Waals surface area contributed by atoms with Crippen molar-refractivity contribution in [3.05, 3.63) is 24.4 Å². The number of rotatable bonds is 2. The Hall–Kier alpha value is -1.55. The molecule has 100 valence electrons. The van der Waals surface area contributed by atoms with E-state index in [0.717, 1.165) is 11.6 Å². The maximum Gasteiger partial charge on any atom is 0.0670 e. The molecule has 0 amide bonds. The second-order valence-corrected chi connectivity index (χ2v) is 5.87. The van der Waals surface area contributed by atoms with Crippen molar-refractivity contribution < 1.29 is 0 Å². The minimum absolute atomic E-state index is 0.625. The smallest absolute Gasteiger partial charge is 0.0670 e. The molecule has 4 rings (SSSR count). The number of benzene rings is 1. The van der Waals surface area contributed by atoms with Crippen molar-refractivity contribution in [2.45, 2.75) is 37.8 Å². The Morgan fingerprint density at radius 3 is 3.26 bits per heavy atom. The monoisotopic (exact) mass is 256 g/mol. The van der Waals surface area contributed by atoms with E-state index < -0.39 is 0 Å². The van der Waals surface area contributed by atoms with Gasteiger partial charge in [-0.15, -0.1) is 0 Å².